The Balaban J connectivity index is 1.96. The van der Waals surface area contributed by atoms with Gasteiger partial charge in [0.25, 0.3) is 0 Å². The van der Waals surface area contributed by atoms with Crippen LogP contribution in [0.3, 0.4) is 0 Å². The normalized spacial score (nSPS) is 18.3. The molecule has 1 aromatic carbocycles. The van der Waals surface area contributed by atoms with Gasteiger partial charge in [0.15, 0.2) is 11.6 Å². The summed E-state index contributed by atoms with van der Waals surface area (Å²) in [5.41, 5.74) is 3.41. The fourth-order valence-corrected chi connectivity index (χ4v) is 3.73. The first-order chi connectivity index (χ1) is 15.0. The maximum Gasteiger partial charge on any atom is 0.197 e. The highest BCUT2D eigenvalue weighted by Crippen LogP contribution is 2.30. The van der Waals surface area contributed by atoms with Crippen LogP contribution in [0.5, 0.6) is 0 Å². The van der Waals surface area contributed by atoms with E-state index in [1.165, 1.54) is 12.2 Å². The van der Waals surface area contributed by atoms with Crippen LogP contribution < -0.4 is 4.90 Å². The smallest absolute Gasteiger partial charge is 0.197 e. The number of rotatable bonds is 8. The molecular formula is C28H25NO2. The van der Waals surface area contributed by atoms with Gasteiger partial charge >= 0.3 is 0 Å². The second-order valence-corrected chi connectivity index (χ2v) is 7.06. The van der Waals surface area contributed by atoms with Gasteiger partial charge in [0.05, 0.1) is 11.6 Å². The molecule has 3 rings (SSSR count). The molecular weight excluding hydrogens is 382 g/mol. The zero-order valence-electron chi connectivity index (χ0n) is 17.5. The van der Waals surface area contributed by atoms with Crippen LogP contribution in [-0.4, -0.2) is 17.6 Å². The van der Waals surface area contributed by atoms with Crippen molar-refractivity contribution in [3.8, 4) is 0 Å². The maximum absolute atomic E-state index is 12.6. The van der Waals surface area contributed by atoms with Gasteiger partial charge < -0.3 is 4.90 Å². The number of carbonyl (C=O) groups is 2. The predicted molar refractivity (Wildman–Crippen MR) is 129 cm³/mol. The van der Waals surface area contributed by atoms with Gasteiger partial charge in [-0.2, -0.15) is 0 Å². The molecule has 3 heteroatoms. The van der Waals surface area contributed by atoms with E-state index in [1.54, 1.807) is 18.2 Å². The Morgan fingerprint density at radius 2 is 1.58 bits per heavy atom. The van der Waals surface area contributed by atoms with Gasteiger partial charge in [-0.15, -0.1) is 0 Å². The average Bonchev–Trinajstić information content (AvgIpc) is 3.03. The molecule has 3 nitrogen and oxygen atoms in total. The van der Waals surface area contributed by atoms with E-state index in [1.807, 2.05) is 42.5 Å². The van der Waals surface area contributed by atoms with Crippen molar-refractivity contribution in [1.82, 2.24) is 0 Å². The topological polar surface area (TPSA) is 37.4 Å². The van der Waals surface area contributed by atoms with Crippen LogP contribution in [0.15, 0.2) is 128 Å². The van der Waals surface area contributed by atoms with Crippen molar-refractivity contribution in [3.63, 3.8) is 0 Å². The molecule has 2 aliphatic carbocycles. The Morgan fingerprint density at radius 3 is 2.06 bits per heavy atom. The molecule has 0 radical (unpaired) electrons. The Labute approximate surface area is 183 Å². The van der Waals surface area contributed by atoms with Gasteiger partial charge in [-0.25, -0.2) is 0 Å². The molecule has 0 heterocycles. The van der Waals surface area contributed by atoms with Gasteiger partial charge in [0.1, 0.15) is 0 Å². The Hall–Kier alpha value is -3.98. The van der Waals surface area contributed by atoms with Gasteiger partial charge in [-0.05, 0) is 42.3 Å². The van der Waals surface area contributed by atoms with Gasteiger partial charge in [-0.3, -0.25) is 9.59 Å². The number of hydrogen-bond acceptors (Lipinski definition) is 3. The van der Waals surface area contributed by atoms with Crippen molar-refractivity contribution in [2.24, 2.45) is 0 Å². The van der Waals surface area contributed by atoms with E-state index in [0.717, 1.165) is 23.4 Å². The van der Waals surface area contributed by atoms with E-state index >= 15 is 0 Å². The van der Waals surface area contributed by atoms with Crippen molar-refractivity contribution < 1.29 is 9.59 Å². The quantitative estimate of drug-likeness (QED) is 0.309. The highest BCUT2D eigenvalue weighted by molar-refractivity contribution is 6.41. The lowest BCUT2D eigenvalue weighted by Gasteiger charge is -2.33. The van der Waals surface area contributed by atoms with Crippen LogP contribution >= 0.6 is 0 Å². The maximum atomic E-state index is 12.6. The van der Waals surface area contributed by atoms with Crippen molar-refractivity contribution in [3.05, 3.63) is 133 Å². The molecule has 1 unspecified atom stereocenters. The zero-order chi connectivity index (χ0) is 22.4. The van der Waals surface area contributed by atoms with E-state index in [0.29, 0.717) is 11.1 Å². The molecule has 0 aromatic heterocycles. The summed E-state index contributed by atoms with van der Waals surface area (Å²) >= 11 is 0. The average molecular weight is 408 g/mol. The number of ketones is 2. The number of allylic oxidation sites excluding steroid dienone is 10. The minimum absolute atomic E-state index is 0.132. The first-order valence-corrected chi connectivity index (χ1v) is 10.0. The van der Waals surface area contributed by atoms with E-state index in [4.69, 9.17) is 0 Å². The van der Waals surface area contributed by atoms with Gasteiger partial charge in [0.2, 0.25) is 0 Å². The van der Waals surface area contributed by atoms with E-state index < -0.39 is 0 Å². The molecule has 0 fully saturated rings. The van der Waals surface area contributed by atoms with E-state index in [2.05, 4.69) is 43.4 Å². The van der Waals surface area contributed by atoms with Crippen molar-refractivity contribution >= 4 is 23.3 Å². The molecule has 154 valence electrons. The molecule has 0 spiro atoms. The summed E-state index contributed by atoms with van der Waals surface area (Å²) in [5.74, 6) is -0.634. The zero-order valence-corrected chi connectivity index (χ0v) is 17.5. The summed E-state index contributed by atoms with van der Waals surface area (Å²) in [4.78, 5) is 27.4. The Morgan fingerprint density at radius 1 is 0.935 bits per heavy atom. The van der Waals surface area contributed by atoms with Gasteiger partial charge in [0, 0.05) is 22.5 Å². The molecule has 0 N–H and O–H groups in total. The van der Waals surface area contributed by atoms with Crippen LogP contribution in [0.2, 0.25) is 0 Å². The summed E-state index contributed by atoms with van der Waals surface area (Å²) in [6.45, 7) is 15.0. The third kappa shape index (κ3) is 4.31. The molecule has 0 amide bonds. The summed E-state index contributed by atoms with van der Waals surface area (Å²) in [7, 11) is 0. The standard InChI is InChI=1S/C28H25NO2/c1-5-12-21(6-2)29(22-13-10-9-11-14-22)23-17-15-20(16-18-23)19-26-27(30)24(7-3)25(8-4)28(26)31/h5-13,15-19,22H,1-4,14H2/b21-12+. The van der Waals surface area contributed by atoms with Crippen molar-refractivity contribution in [2.45, 2.75) is 12.5 Å². The number of anilines is 1. The molecule has 1 aromatic rings. The summed E-state index contributed by atoms with van der Waals surface area (Å²) in [6.07, 6.45) is 19.1. The molecule has 1 atom stereocenters. The van der Waals surface area contributed by atoms with Crippen LogP contribution in [0.4, 0.5) is 5.69 Å². The van der Waals surface area contributed by atoms with Crippen LogP contribution in [-0.2, 0) is 9.59 Å². The largest absolute Gasteiger partial charge is 0.334 e. The lowest BCUT2D eigenvalue weighted by Crippen LogP contribution is -2.33. The van der Waals surface area contributed by atoms with E-state index in [-0.39, 0.29) is 23.2 Å². The van der Waals surface area contributed by atoms with Crippen LogP contribution in [0, 0.1) is 0 Å². The number of Topliss-reactive ketones (excluding diaryl/α,β-unsaturated/α-hetero) is 2. The molecule has 31 heavy (non-hydrogen) atoms. The summed E-state index contributed by atoms with van der Waals surface area (Å²) in [5, 5.41) is 0. The second-order valence-electron chi connectivity index (χ2n) is 7.06. The second kappa shape index (κ2) is 9.68. The summed E-state index contributed by atoms with van der Waals surface area (Å²) < 4.78 is 0. The number of nitrogens with zero attached hydrogens (tertiary/aromatic N) is 1. The molecule has 0 saturated heterocycles. The van der Waals surface area contributed by atoms with Crippen LogP contribution in [0.1, 0.15) is 12.0 Å². The highest BCUT2D eigenvalue weighted by Gasteiger charge is 2.32. The molecule has 0 bridgehead atoms. The molecule has 2 aliphatic rings. The first kappa shape index (κ1) is 21.7. The Kier molecular flexibility index (Phi) is 6.78. The minimum atomic E-state index is -0.317. The fourth-order valence-electron chi connectivity index (χ4n) is 3.73. The lowest BCUT2D eigenvalue weighted by molar-refractivity contribution is -0.115. The number of hydrogen-bond donors (Lipinski definition) is 0. The van der Waals surface area contributed by atoms with E-state index in [9.17, 15) is 9.59 Å². The third-order valence-corrected chi connectivity index (χ3v) is 5.22. The first-order valence-electron chi connectivity index (χ1n) is 10.0. The van der Waals surface area contributed by atoms with Crippen LogP contribution in [0.25, 0.3) is 6.08 Å². The van der Waals surface area contributed by atoms with Gasteiger partial charge in [-0.1, -0.05) is 81.0 Å². The van der Waals surface area contributed by atoms with Crippen molar-refractivity contribution in [2.75, 3.05) is 4.90 Å². The number of benzene rings is 1. The highest BCUT2D eigenvalue weighted by atomic mass is 16.2. The number of carbonyl (C=O) groups excluding carboxylic acids is 2. The third-order valence-electron chi connectivity index (χ3n) is 5.22. The van der Waals surface area contributed by atoms with Crippen molar-refractivity contribution in [1.29, 1.82) is 0 Å². The lowest BCUT2D eigenvalue weighted by atomic mass is 10.0. The molecule has 0 aliphatic heterocycles. The minimum Gasteiger partial charge on any atom is -0.334 e. The monoisotopic (exact) mass is 407 g/mol. The Bertz CT molecular complexity index is 1070. The fraction of sp³-hybridized carbons (Fsp3) is 0.0714. The SMILES string of the molecule is C=C/C=C(\C=C)N(c1ccc(C=C2C(=O)C(C=C)=C(C=C)C2=O)cc1)C1C=CC=CC1. The molecule has 0 saturated carbocycles. The summed E-state index contributed by atoms with van der Waals surface area (Å²) in [6, 6.07) is 7.88. The predicted octanol–water partition coefficient (Wildman–Crippen LogP) is 5.84.